The van der Waals surface area contributed by atoms with E-state index in [2.05, 4.69) is 10.6 Å². The second-order valence-corrected chi connectivity index (χ2v) is 6.23. The Hall–Kier alpha value is -2.21. The van der Waals surface area contributed by atoms with Crippen molar-refractivity contribution in [2.75, 3.05) is 12.4 Å². The quantitative estimate of drug-likeness (QED) is 0.687. The van der Waals surface area contributed by atoms with Gasteiger partial charge in [-0.05, 0) is 50.3 Å². The van der Waals surface area contributed by atoms with E-state index in [-0.39, 0.29) is 13.6 Å². The predicted octanol–water partition coefficient (Wildman–Crippen LogP) is 3.04. The Labute approximate surface area is 139 Å². The summed E-state index contributed by atoms with van der Waals surface area (Å²) in [6.45, 7) is 2.01. The zero-order valence-electron chi connectivity index (χ0n) is 13.9. The molecule has 2 fully saturated rings. The zero-order valence-corrected chi connectivity index (χ0v) is 13.9. The zero-order chi connectivity index (χ0) is 15.7. The van der Waals surface area contributed by atoms with Gasteiger partial charge in [0.25, 0.3) is 0 Å². The van der Waals surface area contributed by atoms with Crippen LogP contribution in [0.5, 0.6) is 0 Å². The molecule has 0 radical (unpaired) electrons. The average Bonchev–Trinajstić information content (AvgIpc) is 2.50. The molecule has 2 bridgehead atoms. The smallest absolute Gasteiger partial charge is 0.322 e. The third kappa shape index (κ3) is 3.27. The molecular weight excluding hydrogens is 290 g/mol. The molecule has 2 unspecified atom stereocenters. The van der Waals surface area contributed by atoms with Crippen LogP contribution in [-0.2, 0) is 0 Å². The Balaban J connectivity index is 0.00000144. The van der Waals surface area contributed by atoms with Gasteiger partial charge in [-0.3, -0.25) is 0 Å². The maximum Gasteiger partial charge on any atom is 0.322 e. The van der Waals surface area contributed by atoms with Gasteiger partial charge in [-0.15, -0.1) is 0 Å². The summed E-state index contributed by atoms with van der Waals surface area (Å²) in [5.41, 5.74) is 9.54. The molecule has 0 aliphatic carbocycles. The molecule has 0 spiro atoms. The SMILES string of the molecule is CN/C=C(\N)c1cc(NC(=O)N2C3CCCC2C3)ccc1C.N.[HH]. The highest BCUT2D eigenvalue weighted by molar-refractivity contribution is 5.91. The minimum atomic E-state index is 0. The van der Waals surface area contributed by atoms with Crippen LogP contribution in [0.3, 0.4) is 0 Å². The van der Waals surface area contributed by atoms with E-state index in [1.165, 1.54) is 12.8 Å². The van der Waals surface area contributed by atoms with Gasteiger partial charge in [0.1, 0.15) is 0 Å². The number of nitrogens with zero attached hydrogens (tertiary/aromatic N) is 1. The number of carbonyl (C=O) groups excluding carboxylic acids is 1. The molecule has 0 aromatic heterocycles. The number of urea groups is 1. The van der Waals surface area contributed by atoms with Gasteiger partial charge < -0.3 is 27.4 Å². The highest BCUT2D eigenvalue weighted by atomic mass is 16.2. The summed E-state index contributed by atoms with van der Waals surface area (Å²) in [6, 6.07) is 6.76. The van der Waals surface area contributed by atoms with Crippen LogP contribution in [0.25, 0.3) is 5.70 Å². The van der Waals surface area contributed by atoms with Gasteiger partial charge >= 0.3 is 6.03 Å². The predicted molar refractivity (Wildman–Crippen MR) is 96.4 cm³/mol. The van der Waals surface area contributed by atoms with Crippen LogP contribution >= 0.6 is 0 Å². The van der Waals surface area contributed by atoms with Crippen molar-refractivity contribution in [1.29, 1.82) is 0 Å². The van der Waals surface area contributed by atoms with Crippen LogP contribution in [0.15, 0.2) is 24.4 Å². The fraction of sp³-hybridized carbons (Fsp3) is 0.471. The lowest BCUT2D eigenvalue weighted by atomic mass is 9.80. The standard InChI is InChI=1S/C17H24N4O.H3N.H2/c1-11-6-7-12(8-15(11)16(18)10-19-2)20-17(22)21-13-4-3-5-14(21)9-13;;/h6-8,10,13-14,19H,3-5,9,18H2,1-2H3,(H,20,22);1H3;1H/b16-10-;;. The van der Waals surface area contributed by atoms with Crippen LogP contribution in [0, 0.1) is 6.92 Å². The molecule has 6 heteroatoms. The molecule has 2 saturated heterocycles. The summed E-state index contributed by atoms with van der Waals surface area (Å²) >= 11 is 0. The summed E-state index contributed by atoms with van der Waals surface area (Å²) in [5.74, 6) is 0. The largest absolute Gasteiger partial charge is 0.397 e. The van der Waals surface area contributed by atoms with Crippen molar-refractivity contribution in [2.24, 2.45) is 5.73 Å². The van der Waals surface area contributed by atoms with E-state index in [1.54, 1.807) is 6.20 Å². The number of benzene rings is 1. The monoisotopic (exact) mass is 319 g/mol. The Morgan fingerprint density at radius 2 is 2.09 bits per heavy atom. The van der Waals surface area contributed by atoms with Crippen molar-refractivity contribution in [3.05, 3.63) is 35.5 Å². The fourth-order valence-electron chi connectivity index (χ4n) is 3.57. The lowest BCUT2D eigenvalue weighted by Gasteiger charge is -2.52. The first-order valence-corrected chi connectivity index (χ1v) is 7.93. The topological polar surface area (TPSA) is 105 Å². The van der Waals surface area contributed by atoms with Crippen molar-refractivity contribution in [3.63, 3.8) is 0 Å². The Kier molecular flexibility index (Phi) is 5.15. The minimum absolute atomic E-state index is 0. The summed E-state index contributed by atoms with van der Waals surface area (Å²) in [5, 5.41) is 5.95. The van der Waals surface area contributed by atoms with Crippen molar-refractivity contribution >= 4 is 17.4 Å². The second-order valence-electron chi connectivity index (χ2n) is 6.23. The Bertz CT molecular complexity index is 605. The molecule has 2 amide bonds. The molecule has 23 heavy (non-hydrogen) atoms. The van der Waals surface area contributed by atoms with Crippen LogP contribution in [0.2, 0.25) is 0 Å². The van der Waals surface area contributed by atoms with E-state index in [0.717, 1.165) is 29.7 Å². The number of amides is 2. The lowest BCUT2D eigenvalue weighted by Crippen LogP contribution is -2.62. The number of hydrogen-bond acceptors (Lipinski definition) is 4. The number of anilines is 1. The van der Waals surface area contributed by atoms with E-state index in [0.29, 0.717) is 17.8 Å². The molecule has 2 aliphatic heterocycles. The molecule has 7 N–H and O–H groups in total. The van der Waals surface area contributed by atoms with Crippen molar-refractivity contribution < 1.29 is 6.22 Å². The van der Waals surface area contributed by atoms with Crippen LogP contribution < -0.4 is 22.5 Å². The number of hydrogen-bond donors (Lipinski definition) is 4. The lowest BCUT2D eigenvalue weighted by molar-refractivity contribution is 0.0173. The number of fused-ring (bicyclic) bond motifs is 2. The van der Waals surface area contributed by atoms with E-state index in [9.17, 15) is 4.79 Å². The highest BCUT2D eigenvalue weighted by Crippen LogP contribution is 2.38. The Morgan fingerprint density at radius 3 is 2.70 bits per heavy atom. The number of carbonyl (C=O) groups is 1. The Morgan fingerprint density at radius 1 is 1.39 bits per heavy atom. The van der Waals surface area contributed by atoms with Gasteiger partial charge in [0, 0.05) is 38.0 Å². The molecule has 128 valence electrons. The third-order valence-corrected chi connectivity index (χ3v) is 4.74. The summed E-state index contributed by atoms with van der Waals surface area (Å²) in [6.07, 6.45) is 6.46. The van der Waals surface area contributed by atoms with E-state index in [4.69, 9.17) is 5.73 Å². The first-order chi connectivity index (χ1) is 10.6. The average molecular weight is 319 g/mol. The number of nitrogens with two attached hydrogens (primary N) is 1. The van der Waals surface area contributed by atoms with Gasteiger partial charge in [-0.2, -0.15) is 0 Å². The number of nitrogens with one attached hydrogen (secondary N) is 2. The molecule has 6 nitrogen and oxygen atoms in total. The van der Waals surface area contributed by atoms with Gasteiger partial charge in [-0.25, -0.2) is 4.79 Å². The molecule has 3 rings (SSSR count). The normalized spacial score (nSPS) is 22.7. The molecule has 2 atom stereocenters. The fourth-order valence-corrected chi connectivity index (χ4v) is 3.57. The number of piperidine rings is 1. The van der Waals surface area contributed by atoms with Crippen LogP contribution in [0.4, 0.5) is 10.5 Å². The van der Waals surface area contributed by atoms with Crippen LogP contribution in [-0.4, -0.2) is 30.1 Å². The van der Waals surface area contributed by atoms with Gasteiger partial charge in [0.15, 0.2) is 0 Å². The first kappa shape index (κ1) is 17.1. The maximum absolute atomic E-state index is 12.5. The number of rotatable bonds is 3. The summed E-state index contributed by atoms with van der Waals surface area (Å²) in [7, 11) is 1.82. The minimum Gasteiger partial charge on any atom is -0.397 e. The molecule has 2 heterocycles. The van der Waals surface area contributed by atoms with Gasteiger partial charge in [0.05, 0.1) is 5.70 Å². The van der Waals surface area contributed by atoms with Crippen molar-refractivity contribution in [2.45, 2.75) is 44.7 Å². The van der Waals surface area contributed by atoms with E-state index in [1.807, 2.05) is 37.1 Å². The van der Waals surface area contributed by atoms with Crippen molar-refractivity contribution in [3.8, 4) is 0 Å². The third-order valence-electron chi connectivity index (χ3n) is 4.74. The molecule has 0 saturated carbocycles. The molecule has 2 aliphatic rings. The molecule has 1 aromatic rings. The van der Waals surface area contributed by atoms with Crippen LogP contribution in [0.1, 0.15) is 38.2 Å². The van der Waals surface area contributed by atoms with Crippen molar-refractivity contribution in [1.82, 2.24) is 16.4 Å². The maximum atomic E-state index is 12.5. The second kappa shape index (κ2) is 6.91. The van der Waals surface area contributed by atoms with Gasteiger partial charge in [0.2, 0.25) is 0 Å². The summed E-state index contributed by atoms with van der Waals surface area (Å²) in [4.78, 5) is 14.5. The van der Waals surface area contributed by atoms with Gasteiger partial charge in [-0.1, -0.05) is 6.07 Å². The van der Waals surface area contributed by atoms with E-state index >= 15 is 0 Å². The highest BCUT2D eigenvalue weighted by Gasteiger charge is 2.44. The molecular formula is C17H29N5O. The van der Waals surface area contributed by atoms with E-state index < -0.39 is 0 Å². The molecule has 1 aromatic carbocycles. The first-order valence-electron chi connectivity index (χ1n) is 7.93. The summed E-state index contributed by atoms with van der Waals surface area (Å²) < 4.78 is 0. The number of aryl methyl sites for hydroxylation is 1.